The van der Waals surface area contributed by atoms with E-state index in [9.17, 15) is 22.7 Å². The summed E-state index contributed by atoms with van der Waals surface area (Å²) in [5.74, 6) is -1.67. The number of hydrogen-bond acceptors (Lipinski definition) is 5. The molecule has 0 unspecified atom stereocenters. The molecule has 0 aliphatic rings. The van der Waals surface area contributed by atoms with Crippen LogP contribution in [-0.4, -0.2) is 30.6 Å². The van der Waals surface area contributed by atoms with Crippen molar-refractivity contribution in [3.63, 3.8) is 0 Å². The van der Waals surface area contributed by atoms with Gasteiger partial charge in [0, 0.05) is 32.7 Å². The molecule has 0 bridgehead atoms. The Balaban J connectivity index is 1.72. The standard InChI is InChI=1S/C34H22ClFN2O5S2/c1-19-7-10-23(11-8-19)45(41,42)38-29-12-9-22(36)16-26(29)31(24-13-14-44-33(24)37-2)32(38)21-6-4-5-20(15-21)25-18-30(43-3)27(34(39)40)17-28(25)35/h4-18H,1,3H3,(H,39,40). The van der Waals surface area contributed by atoms with Crippen molar-refractivity contribution in [2.75, 3.05) is 7.11 Å². The highest BCUT2D eigenvalue weighted by Crippen LogP contribution is 2.48. The number of hydrogen-bond donors (Lipinski definition) is 1. The fraction of sp³-hybridized carbons (Fsp3) is 0.0588. The molecule has 0 atom stereocenters. The van der Waals surface area contributed by atoms with Gasteiger partial charge in [-0.3, -0.25) is 0 Å². The topological polar surface area (TPSA) is 90.0 Å². The molecule has 0 amide bonds. The molecule has 4 aromatic carbocycles. The summed E-state index contributed by atoms with van der Waals surface area (Å²) >= 11 is 7.77. The average Bonchev–Trinajstić information content (AvgIpc) is 3.63. The molecular formula is C34H22ClFN2O5S2. The Kier molecular flexibility index (Phi) is 7.70. The molecule has 0 saturated heterocycles. The third-order valence-electron chi connectivity index (χ3n) is 7.43. The number of carboxylic acid groups (broad SMARTS) is 1. The van der Waals surface area contributed by atoms with Crippen LogP contribution in [0.4, 0.5) is 9.39 Å². The largest absolute Gasteiger partial charge is 0.496 e. The number of ether oxygens (including phenoxy) is 1. The molecule has 11 heteroatoms. The van der Waals surface area contributed by atoms with E-state index in [4.69, 9.17) is 22.9 Å². The van der Waals surface area contributed by atoms with Crippen LogP contribution in [0.5, 0.6) is 5.75 Å². The third-order valence-corrected chi connectivity index (χ3v) is 10.3. The summed E-state index contributed by atoms with van der Waals surface area (Å²) in [6, 6.07) is 21.8. The number of benzene rings is 4. The van der Waals surface area contributed by atoms with E-state index in [2.05, 4.69) is 4.85 Å². The number of carboxylic acids is 1. The second-order valence-corrected chi connectivity index (χ2v) is 13.2. The Hall–Kier alpha value is -4.95. The summed E-state index contributed by atoms with van der Waals surface area (Å²) in [7, 11) is -2.91. The molecular weight excluding hydrogens is 635 g/mol. The minimum absolute atomic E-state index is 0.0334. The van der Waals surface area contributed by atoms with Crippen LogP contribution in [0.2, 0.25) is 5.02 Å². The monoisotopic (exact) mass is 656 g/mol. The maximum absolute atomic E-state index is 14.9. The fourth-order valence-corrected chi connectivity index (χ4v) is 7.86. The van der Waals surface area contributed by atoms with Crippen LogP contribution in [0, 0.1) is 19.3 Å². The quantitative estimate of drug-likeness (QED) is 0.173. The number of halogens is 2. The van der Waals surface area contributed by atoms with Gasteiger partial charge in [0.05, 0.1) is 29.8 Å². The van der Waals surface area contributed by atoms with E-state index in [1.807, 2.05) is 6.92 Å². The lowest BCUT2D eigenvalue weighted by atomic mass is 9.96. The van der Waals surface area contributed by atoms with E-state index in [0.29, 0.717) is 38.2 Å². The van der Waals surface area contributed by atoms with Gasteiger partial charge in [-0.1, -0.05) is 53.6 Å². The summed E-state index contributed by atoms with van der Waals surface area (Å²) < 4.78 is 50.3. The number of methoxy groups -OCH3 is 1. The number of carbonyl (C=O) groups is 1. The van der Waals surface area contributed by atoms with Crippen molar-refractivity contribution in [3.8, 4) is 39.3 Å². The molecule has 0 spiro atoms. The van der Waals surface area contributed by atoms with Crippen molar-refractivity contribution < 1.29 is 27.4 Å². The number of fused-ring (bicyclic) bond motifs is 1. The van der Waals surface area contributed by atoms with Gasteiger partial charge in [0.25, 0.3) is 10.0 Å². The van der Waals surface area contributed by atoms with Gasteiger partial charge in [-0.25, -0.2) is 26.4 Å². The summed E-state index contributed by atoms with van der Waals surface area (Å²) in [5, 5.41) is 12.1. The summed E-state index contributed by atoms with van der Waals surface area (Å²) in [6.45, 7) is 9.64. The predicted octanol–water partition coefficient (Wildman–Crippen LogP) is 9.30. The van der Waals surface area contributed by atoms with Crippen molar-refractivity contribution >= 4 is 54.8 Å². The first kappa shape index (κ1) is 30.1. The van der Waals surface area contributed by atoms with Gasteiger partial charge >= 0.3 is 5.97 Å². The molecule has 6 aromatic rings. The fourth-order valence-electron chi connectivity index (χ4n) is 5.36. The maximum atomic E-state index is 14.9. The Morgan fingerprint density at radius 3 is 2.42 bits per heavy atom. The van der Waals surface area contributed by atoms with E-state index < -0.39 is 21.8 Å². The van der Waals surface area contributed by atoms with Crippen LogP contribution in [0.25, 0.3) is 49.3 Å². The normalized spacial score (nSPS) is 11.4. The Morgan fingerprint density at radius 2 is 1.73 bits per heavy atom. The lowest BCUT2D eigenvalue weighted by molar-refractivity contribution is 0.0693. The van der Waals surface area contributed by atoms with Gasteiger partial charge in [-0.05, 0) is 66.4 Å². The number of nitrogens with zero attached hydrogens (tertiary/aromatic N) is 2. The van der Waals surface area contributed by atoms with Gasteiger partial charge in [0.1, 0.15) is 17.1 Å². The van der Waals surface area contributed by atoms with E-state index >= 15 is 0 Å². The van der Waals surface area contributed by atoms with Crippen molar-refractivity contribution in [1.82, 2.24) is 3.97 Å². The van der Waals surface area contributed by atoms with Crippen LogP contribution in [0.1, 0.15) is 15.9 Å². The lowest BCUT2D eigenvalue weighted by Gasteiger charge is -2.16. The van der Waals surface area contributed by atoms with E-state index in [-0.39, 0.29) is 32.4 Å². The Morgan fingerprint density at radius 1 is 1.00 bits per heavy atom. The molecule has 2 heterocycles. The molecule has 0 fully saturated rings. The molecule has 0 aliphatic carbocycles. The van der Waals surface area contributed by atoms with E-state index in [0.717, 1.165) is 5.56 Å². The molecule has 45 heavy (non-hydrogen) atoms. The number of thiophene rings is 1. The molecule has 0 radical (unpaired) electrons. The summed E-state index contributed by atoms with van der Waals surface area (Å²) in [4.78, 5) is 15.5. The Bertz CT molecular complexity index is 2300. The van der Waals surface area contributed by atoms with Gasteiger partial charge < -0.3 is 9.84 Å². The third kappa shape index (κ3) is 5.15. The second kappa shape index (κ2) is 11.5. The summed E-state index contributed by atoms with van der Waals surface area (Å²) in [6.07, 6.45) is 0. The van der Waals surface area contributed by atoms with E-state index in [1.54, 1.807) is 47.8 Å². The smallest absolute Gasteiger partial charge is 0.339 e. The number of rotatable bonds is 7. The Labute approximate surface area is 267 Å². The molecule has 1 N–H and O–H groups in total. The van der Waals surface area contributed by atoms with Crippen LogP contribution in [-0.2, 0) is 10.0 Å². The highest BCUT2D eigenvalue weighted by atomic mass is 35.5. The first-order chi connectivity index (χ1) is 21.5. The first-order valence-corrected chi connectivity index (χ1v) is 16.1. The number of aromatic nitrogens is 1. The SMILES string of the molecule is [C-]#[N+]c1sccc1-c1c(-c2cccc(-c3cc(OC)c(C(=O)O)cc3Cl)c2)n(S(=O)(=O)c2ccc(C)cc2)c2ccc(F)cc12. The van der Waals surface area contributed by atoms with Crippen molar-refractivity contribution in [2.24, 2.45) is 0 Å². The minimum atomic E-state index is -4.27. The van der Waals surface area contributed by atoms with Crippen LogP contribution in [0.3, 0.4) is 0 Å². The molecule has 6 rings (SSSR count). The highest BCUT2D eigenvalue weighted by molar-refractivity contribution is 7.90. The van der Waals surface area contributed by atoms with Crippen LogP contribution in [0.15, 0.2) is 95.2 Å². The van der Waals surface area contributed by atoms with Gasteiger partial charge in [-0.15, -0.1) is 0 Å². The maximum Gasteiger partial charge on any atom is 0.339 e. The van der Waals surface area contributed by atoms with Crippen molar-refractivity contribution in [2.45, 2.75) is 11.8 Å². The van der Waals surface area contributed by atoms with Crippen LogP contribution >= 0.6 is 22.9 Å². The van der Waals surface area contributed by atoms with Crippen molar-refractivity contribution in [1.29, 1.82) is 0 Å². The van der Waals surface area contributed by atoms with Crippen LogP contribution < -0.4 is 4.74 Å². The van der Waals surface area contributed by atoms with Gasteiger partial charge in [0.2, 0.25) is 5.00 Å². The lowest BCUT2D eigenvalue weighted by Crippen LogP contribution is -2.14. The zero-order valence-electron chi connectivity index (χ0n) is 23.7. The molecule has 7 nitrogen and oxygen atoms in total. The zero-order valence-corrected chi connectivity index (χ0v) is 26.1. The minimum Gasteiger partial charge on any atom is -0.496 e. The first-order valence-electron chi connectivity index (χ1n) is 13.4. The molecule has 2 aromatic heterocycles. The number of aromatic carboxylic acids is 1. The number of aryl methyl sites for hydroxylation is 1. The van der Waals surface area contributed by atoms with Crippen molar-refractivity contribution in [3.05, 3.63) is 124 Å². The van der Waals surface area contributed by atoms with Gasteiger partial charge in [0.15, 0.2) is 0 Å². The van der Waals surface area contributed by atoms with Gasteiger partial charge in [-0.2, -0.15) is 11.3 Å². The van der Waals surface area contributed by atoms with E-state index in [1.165, 1.54) is 64.9 Å². The second-order valence-electron chi connectivity index (χ2n) is 10.1. The molecule has 0 aliphatic heterocycles. The predicted molar refractivity (Wildman–Crippen MR) is 175 cm³/mol. The highest BCUT2D eigenvalue weighted by Gasteiger charge is 2.30. The summed E-state index contributed by atoms with van der Waals surface area (Å²) in [5.41, 5.74) is 3.52. The molecule has 224 valence electrons. The molecule has 0 saturated carbocycles. The average molecular weight is 657 g/mol. The zero-order chi connectivity index (χ0) is 32.0.